The molecule has 1 aliphatic heterocycles. The summed E-state index contributed by atoms with van der Waals surface area (Å²) >= 11 is 1.02. The number of rotatable bonds is 2. The van der Waals surface area contributed by atoms with Crippen LogP contribution < -0.4 is 0 Å². The van der Waals surface area contributed by atoms with Gasteiger partial charge in [0, 0.05) is 18.3 Å². The van der Waals surface area contributed by atoms with Gasteiger partial charge >= 0.3 is 5.97 Å². The van der Waals surface area contributed by atoms with Gasteiger partial charge in [-0.1, -0.05) is 4.49 Å². The molecule has 0 spiro atoms. The molecule has 0 aromatic carbocycles. The first-order valence-electron chi connectivity index (χ1n) is 4.58. The van der Waals surface area contributed by atoms with Crippen molar-refractivity contribution in [3.05, 3.63) is 11.1 Å². The third kappa shape index (κ3) is 1.89. The van der Waals surface area contributed by atoms with Crippen molar-refractivity contribution in [2.24, 2.45) is 0 Å². The third-order valence-electron chi connectivity index (χ3n) is 2.40. The molecule has 2 heterocycles. The summed E-state index contributed by atoms with van der Waals surface area (Å²) in [5, 5.41) is 23.3. The van der Waals surface area contributed by atoms with Gasteiger partial charge in [-0.3, -0.25) is 4.79 Å². The van der Waals surface area contributed by atoms with Gasteiger partial charge < -0.3 is 15.1 Å². The molecular formula is C8H9N3O4S. The van der Waals surface area contributed by atoms with Gasteiger partial charge in [0.1, 0.15) is 6.04 Å². The summed E-state index contributed by atoms with van der Waals surface area (Å²) < 4.78 is 3.54. The van der Waals surface area contributed by atoms with E-state index < -0.39 is 24.0 Å². The van der Waals surface area contributed by atoms with E-state index in [-0.39, 0.29) is 18.7 Å². The Bertz CT molecular complexity index is 407. The van der Waals surface area contributed by atoms with E-state index in [9.17, 15) is 14.7 Å². The lowest BCUT2D eigenvalue weighted by Crippen LogP contribution is -2.40. The lowest BCUT2D eigenvalue weighted by molar-refractivity contribution is -0.141. The molecule has 16 heavy (non-hydrogen) atoms. The van der Waals surface area contributed by atoms with Crippen molar-refractivity contribution < 1.29 is 19.8 Å². The van der Waals surface area contributed by atoms with Gasteiger partial charge in [-0.25, -0.2) is 4.79 Å². The Morgan fingerprint density at radius 2 is 2.31 bits per heavy atom. The number of likely N-dealkylation sites (tertiary alicyclic amines) is 1. The fourth-order valence-electron chi connectivity index (χ4n) is 1.68. The number of aliphatic carboxylic acids is 1. The molecule has 0 saturated carbocycles. The van der Waals surface area contributed by atoms with Gasteiger partial charge in [0.15, 0.2) is 5.69 Å². The highest BCUT2D eigenvalue weighted by Crippen LogP contribution is 2.20. The molecular weight excluding hydrogens is 234 g/mol. The zero-order valence-electron chi connectivity index (χ0n) is 8.11. The summed E-state index contributed by atoms with van der Waals surface area (Å²) in [6, 6.07) is -0.982. The second-order valence-electron chi connectivity index (χ2n) is 3.49. The molecule has 0 aliphatic carbocycles. The maximum Gasteiger partial charge on any atom is 0.326 e. The minimum absolute atomic E-state index is 0.0212. The van der Waals surface area contributed by atoms with E-state index in [1.807, 2.05) is 0 Å². The van der Waals surface area contributed by atoms with Gasteiger partial charge in [-0.15, -0.1) is 5.10 Å². The molecule has 1 aliphatic rings. The van der Waals surface area contributed by atoms with Crippen molar-refractivity contribution in [2.45, 2.75) is 18.6 Å². The van der Waals surface area contributed by atoms with Crippen LogP contribution in [0.1, 0.15) is 16.9 Å². The summed E-state index contributed by atoms with van der Waals surface area (Å²) in [4.78, 5) is 23.8. The summed E-state index contributed by atoms with van der Waals surface area (Å²) in [5.74, 6) is -1.62. The first-order chi connectivity index (χ1) is 7.59. The fourth-order valence-corrected chi connectivity index (χ4v) is 2.11. The Kier molecular flexibility index (Phi) is 2.84. The van der Waals surface area contributed by atoms with Gasteiger partial charge in [0.25, 0.3) is 5.91 Å². The van der Waals surface area contributed by atoms with Gasteiger partial charge in [-0.05, 0) is 11.5 Å². The summed E-state index contributed by atoms with van der Waals surface area (Å²) in [6.45, 7) is 0.0212. The number of aliphatic hydroxyl groups is 1. The van der Waals surface area contributed by atoms with Crippen LogP contribution in [0.25, 0.3) is 0 Å². The van der Waals surface area contributed by atoms with Crippen molar-refractivity contribution in [1.29, 1.82) is 0 Å². The monoisotopic (exact) mass is 243 g/mol. The second-order valence-corrected chi connectivity index (χ2v) is 4.10. The highest BCUT2D eigenvalue weighted by atomic mass is 32.1. The minimum Gasteiger partial charge on any atom is -0.480 e. The van der Waals surface area contributed by atoms with Gasteiger partial charge in [-0.2, -0.15) is 0 Å². The summed E-state index contributed by atoms with van der Waals surface area (Å²) in [6.07, 6.45) is -0.741. The van der Waals surface area contributed by atoms with Crippen LogP contribution >= 0.6 is 11.5 Å². The number of aliphatic hydroxyl groups excluding tert-OH is 1. The number of hydrogen-bond acceptors (Lipinski definition) is 6. The van der Waals surface area contributed by atoms with Gasteiger partial charge in [0.05, 0.1) is 6.10 Å². The number of amides is 1. The Hall–Kier alpha value is -1.54. The van der Waals surface area contributed by atoms with E-state index >= 15 is 0 Å². The van der Waals surface area contributed by atoms with Crippen LogP contribution in [0.5, 0.6) is 0 Å². The number of aromatic nitrogens is 2. The average molecular weight is 243 g/mol. The lowest BCUT2D eigenvalue weighted by atomic mass is 10.2. The lowest BCUT2D eigenvalue weighted by Gasteiger charge is -2.19. The number of carbonyl (C=O) groups excluding carboxylic acids is 1. The molecule has 1 fully saturated rings. The van der Waals surface area contributed by atoms with Crippen molar-refractivity contribution in [3.8, 4) is 0 Å². The minimum atomic E-state index is -1.12. The van der Waals surface area contributed by atoms with E-state index in [4.69, 9.17) is 5.11 Å². The highest BCUT2D eigenvalue weighted by Gasteiger charge is 2.39. The smallest absolute Gasteiger partial charge is 0.326 e. The maximum absolute atomic E-state index is 11.8. The third-order valence-corrected chi connectivity index (χ3v) is 2.91. The molecule has 86 valence electrons. The first-order valence-corrected chi connectivity index (χ1v) is 5.42. The normalized spacial score (nSPS) is 24.7. The molecule has 1 aromatic heterocycles. The number of β-amino-alcohol motifs (C(OH)–C–C–N with tert-alkyl or cyclic N) is 1. The fraction of sp³-hybridized carbons (Fsp3) is 0.500. The van der Waals surface area contributed by atoms with E-state index in [1.54, 1.807) is 0 Å². The Morgan fingerprint density at radius 1 is 1.56 bits per heavy atom. The SMILES string of the molecule is O=C(O)C1CC(O)CN1C(=O)c1csnn1. The van der Waals surface area contributed by atoms with E-state index in [0.717, 1.165) is 16.4 Å². The maximum atomic E-state index is 11.8. The quantitative estimate of drug-likeness (QED) is 0.704. The highest BCUT2D eigenvalue weighted by molar-refractivity contribution is 7.03. The van der Waals surface area contributed by atoms with Crippen LogP contribution in [-0.4, -0.2) is 55.3 Å². The van der Waals surface area contributed by atoms with Crippen molar-refractivity contribution in [1.82, 2.24) is 14.5 Å². The number of carboxylic acid groups (broad SMARTS) is 1. The molecule has 2 unspecified atom stereocenters. The van der Waals surface area contributed by atoms with E-state index in [2.05, 4.69) is 9.59 Å². The predicted octanol–water partition coefficient (Wildman–Crippen LogP) is -0.802. The van der Waals surface area contributed by atoms with Crippen LogP contribution in [0.2, 0.25) is 0 Å². The standard InChI is InChI=1S/C8H9N3O4S/c12-4-1-6(8(14)15)11(2-4)7(13)5-3-16-10-9-5/h3-4,6,12H,1-2H2,(H,14,15). The Labute approximate surface area is 94.5 Å². The van der Waals surface area contributed by atoms with Crippen LogP contribution in [0, 0.1) is 0 Å². The Balaban J connectivity index is 2.20. The molecule has 2 atom stereocenters. The van der Waals surface area contributed by atoms with Crippen molar-refractivity contribution in [3.63, 3.8) is 0 Å². The number of carbonyl (C=O) groups is 2. The first kappa shape index (κ1) is 11.0. The molecule has 7 nitrogen and oxygen atoms in total. The molecule has 8 heteroatoms. The van der Waals surface area contributed by atoms with Crippen LogP contribution in [0.15, 0.2) is 5.38 Å². The predicted molar refractivity (Wildman–Crippen MR) is 53.0 cm³/mol. The number of carboxylic acids is 1. The van der Waals surface area contributed by atoms with Crippen molar-refractivity contribution in [2.75, 3.05) is 6.54 Å². The molecule has 1 aromatic rings. The van der Waals surface area contributed by atoms with E-state index in [0.29, 0.717) is 0 Å². The largest absolute Gasteiger partial charge is 0.480 e. The van der Waals surface area contributed by atoms with Gasteiger partial charge in [0.2, 0.25) is 0 Å². The molecule has 2 rings (SSSR count). The second kappa shape index (κ2) is 4.14. The molecule has 1 saturated heterocycles. The molecule has 0 radical (unpaired) electrons. The molecule has 2 N–H and O–H groups in total. The zero-order valence-corrected chi connectivity index (χ0v) is 8.92. The van der Waals surface area contributed by atoms with Crippen LogP contribution in [-0.2, 0) is 4.79 Å². The summed E-state index contributed by atoms with van der Waals surface area (Å²) in [5.41, 5.74) is 0.116. The topological polar surface area (TPSA) is 104 Å². The molecule has 0 bridgehead atoms. The number of nitrogens with zero attached hydrogens (tertiary/aromatic N) is 3. The summed E-state index contributed by atoms with van der Waals surface area (Å²) in [7, 11) is 0. The zero-order chi connectivity index (χ0) is 11.7. The van der Waals surface area contributed by atoms with Crippen LogP contribution in [0.3, 0.4) is 0 Å². The Morgan fingerprint density at radius 3 is 2.88 bits per heavy atom. The average Bonchev–Trinajstić information content (AvgIpc) is 2.84. The van der Waals surface area contributed by atoms with Crippen LogP contribution in [0.4, 0.5) is 0 Å². The molecule has 1 amide bonds. The number of hydrogen-bond donors (Lipinski definition) is 2. The van der Waals surface area contributed by atoms with E-state index in [1.165, 1.54) is 5.38 Å². The van der Waals surface area contributed by atoms with Crippen molar-refractivity contribution >= 4 is 23.4 Å².